The van der Waals surface area contributed by atoms with Crippen molar-refractivity contribution in [1.82, 2.24) is 5.32 Å². The molecule has 0 aromatic heterocycles. The Bertz CT molecular complexity index is 545. The Hall–Kier alpha value is -1.55. The van der Waals surface area contributed by atoms with Crippen molar-refractivity contribution in [2.75, 3.05) is 11.4 Å². The Morgan fingerprint density at radius 2 is 2.00 bits per heavy atom. The van der Waals surface area contributed by atoms with Crippen molar-refractivity contribution in [2.24, 2.45) is 0 Å². The fourth-order valence-corrected chi connectivity index (χ4v) is 3.01. The number of hydrogen-bond donors (Lipinski definition) is 1. The molecule has 1 amide bonds. The monoisotopic (exact) mass is 318 g/mol. The number of fused-ring (bicyclic) bond motifs is 1. The number of hydrogen-bond acceptors (Lipinski definition) is 3. The van der Waals surface area contributed by atoms with Crippen molar-refractivity contribution in [3.8, 4) is 0 Å². The second-order valence-corrected chi connectivity index (χ2v) is 7.20. The fourth-order valence-electron chi connectivity index (χ4n) is 3.01. The lowest BCUT2D eigenvalue weighted by molar-refractivity contribution is 0.0583. The fraction of sp³-hybridized carbons (Fsp3) is 0.632. The first-order chi connectivity index (χ1) is 10.9. The summed E-state index contributed by atoms with van der Waals surface area (Å²) in [5.41, 5.74) is 2.99. The highest BCUT2D eigenvalue weighted by molar-refractivity contribution is 5.91. The highest BCUT2D eigenvalue weighted by Crippen LogP contribution is 2.33. The average Bonchev–Trinajstić information content (AvgIpc) is 2.91. The van der Waals surface area contributed by atoms with Crippen LogP contribution in [0.3, 0.4) is 0 Å². The van der Waals surface area contributed by atoms with E-state index in [0.717, 1.165) is 31.5 Å². The van der Waals surface area contributed by atoms with E-state index in [-0.39, 0.29) is 6.09 Å². The molecule has 1 N–H and O–H groups in total. The standard InChI is InChI=1S/C19H30N2O2/c1-6-16(7-2)20-13-15-10-8-9-14-11-12-21(17(14)15)18(22)23-19(3,4)5/h8-10,16,20H,6-7,11-13H2,1-5H3. The highest BCUT2D eigenvalue weighted by Gasteiger charge is 2.30. The number of amides is 1. The van der Waals surface area contributed by atoms with Crippen LogP contribution in [-0.4, -0.2) is 24.3 Å². The molecular weight excluding hydrogens is 288 g/mol. The molecule has 1 heterocycles. The predicted molar refractivity (Wildman–Crippen MR) is 94.9 cm³/mol. The average molecular weight is 318 g/mol. The zero-order chi connectivity index (χ0) is 17.0. The molecule has 0 aliphatic carbocycles. The van der Waals surface area contributed by atoms with Gasteiger partial charge < -0.3 is 10.1 Å². The molecule has 0 fully saturated rings. The van der Waals surface area contributed by atoms with Gasteiger partial charge in [-0.3, -0.25) is 4.90 Å². The minimum Gasteiger partial charge on any atom is -0.443 e. The molecule has 1 aromatic carbocycles. The largest absolute Gasteiger partial charge is 0.443 e. The van der Waals surface area contributed by atoms with Gasteiger partial charge in [0.15, 0.2) is 0 Å². The van der Waals surface area contributed by atoms with E-state index in [9.17, 15) is 4.79 Å². The van der Waals surface area contributed by atoms with E-state index < -0.39 is 5.60 Å². The van der Waals surface area contributed by atoms with E-state index in [1.807, 2.05) is 20.8 Å². The maximum Gasteiger partial charge on any atom is 0.414 e. The summed E-state index contributed by atoms with van der Waals surface area (Å²) in [6, 6.07) is 6.82. The molecule has 4 nitrogen and oxygen atoms in total. The van der Waals surface area contributed by atoms with Crippen LogP contribution >= 0.6 is 0 Å². The van der Waals surface area contributed by atoms with Crippen LogP contribution in [0.15, 0.2) is 18.2 Å². The first-order valence-corrected chi connectivity index (χ1v) is 8.70. The summed E-state index contributed by atoms with van der Waals surface area (Å²) >= 11 is 0. The van der Waals surface area contributed by atoms with Gasteiger partial charge in [0.05, 0.1) is 5.69 Å². The van der Waals surface area contributed by atoms with Gasteiger partial charge >= 0.3 is 6.09 Å². The highest BCUT2D eigenvalue weighted by atomic mass is 16.6. The van der Waals surface area contributed by atoms with Crippen LogP contribution in [0.5, 0.6) is 0 Å². The number of carbonyl (C=O) groups excluding carboxylic acids is 1. The Kier molecular flexibility index (Phi) is 5.69. The number of nitrogens with one attached hydrogen (secondary N) is 1. The molecule has 4 heteroatoms. The van der Waals surface area contributed by atoms with E-state index in [2.05, 4.69) is 37.4 Å². The normalized spacial score (nSPS) is 14.3. The van der Waals surface area contributed by atoms with Crippen LogP contribution in [-0.2, 0) is 17.7 Å². The van der Waals surface area contributed by atoms with Crippen LogP contribution in [0.4, 0.5) is 10.5 Å². The molecule has 0 spiro atoms. The van der Waals surface area contributed by atoms with Gasteiger partial charge in [0, 0.05) is 19.1 Å². The molecule has 0 radical (unpaired) electrons. The van der Waals surface area contributed by atoms with Gasteiger partial charge in [-0.25, -0.2) is 4.79 Å². The van der Waals surface area contributed by atoms with Crippen molar-refractivity contribution in [3.05, 3.63) is 29.3 Å². The lowest BCUT2D eigenvalue weighted by Crippen LogP contribution is -2.36. The lowest BCUT2D eigenvalue weighted by Gasteiger charge is -2.26. The van der Waals surface area contributed by atoms with Gasteiger partial charge in [-0.05, 0) is 51.2 Å². The van der Waals surface area contributed by atoms with Crippen molar-refractivity contribution < 1.29 is 9.53 Å². The van der Waals surface area contributed by atoms with E-state index >= 15 is 0 Å². The third-order valence-corrected chi connectivity index (χ3v) is 4.26. The second-order valence-electron chi connectivity index (χ2n) is 7.20. The number of para-hydroxylation sites is 1. The molecule has 1 aliphatic heterocycles. The van der Waals surface area contributed by atoms with Crippen LogP contribution in [0.2, 0.25) is 0 Å². The molecule has 1 aliphatic rings. The number of benzene rings is 1. The van der Waals surface area contributed by atoms with Gasteiger partial charge in [-0.1, -0.05) is 32.0 Å². The van der Waals surface area contributed by atoms with Crippen LogP contribution in [0.25, 0.3) is 0 Å². The van der Waals surface area contributed by atoms with Crippen molar-refractivity contribution in [2.45, 2.75) is 72.1 Å². The molecule has 0 saturated heterocycles. The summed E-state index contributed by atoms with van der Waals surface area (Å²) in [6.45, 7) is 11.6. The minimum absolute atomic E-state index is 0.244. The van der Waals surface area contributed by atoms with Crippen molar-refractivity contribution >= 4 is 11.8 Å². The summed E-state index contributed by atoms with van der Waals surface area (Å²) < 4.78 is 5.57. The first kappa shape index (κ1) is 17.8. The topological polar surface area (TPSA) is 41.6 Å². The number of anilines is 1. The molecule has 0 atom stereocenters. The van der Waals surface area contributed by atoms with Gasteiger partial charge in [0.1, 0.15) is 5.60 Å². The molecule has 1 aromatic rings. The van der Waals surface area contributed by atoms with Gasteiger partial charge in [-0.2, -0.15) is 0 Å². The molecule has 0 saturated carbocycles. The number of nitrogens with zero attached hydrogens (tertiary/aromatic N) is 1. The van der Waals surface area contributed by atoms with Crippen LogP contribution < -0.4 is 10.2 Å². The second kappa shape index (κ2) is 7.35. The van der Waals surface area contributed by atoms with Crippen molar-refractivity contribution in [3.63, 3.8) is 0 Å². The van der Waals surface area contributed by atoms with Crippen molar-refractivity contribution in [1.29, 1.82) is 0 Å². The summed E-state index contributed by atoms with van der Waals surface area (Å²) in [7, 11) is 0. The summed E-state index contributed by atoms with van der Waals surface area (Å²) in [5.74, 6) is 0. The smallest absolute Gasteiger partial charge is 0.414 e. The molecule has 0 bridgehead atoms. The first-order valence-electron chi connectivity index (χ1n) is 8.70. The number of ether oxygens (including phenoxy) is 1. The third kappa shape index (κ3) is 4.47. The summed E-state index contributed by atoms with van der Waals surface area (Å²) in [5, 5.41) is 3.59. The Morgan fingerprint density at radius 3 is 2.61 bits per heavy atom. The van der Waals surface area contributed by atoms with Crippen LogP contribution in [0, 0.1) is 0 Å². The molecule has 2 rings (SSSR count). The van der Waals surface area contributed by atoms with Gasteiger partial charge in [0.25, 0.3) is 0 Å². The third-order valence-electron chi connectivity index (χ3n) is 4.26. The number of rotatable bonds is 5. The van der Waals surface area contributed by atoms with Crippen LogP contribution in [0.1, 0.15) is 58.6 Å². The van der Waals surface area contributed by atoms with E-state index in [0.29, 0.717) is 12.6 Å². The maximum atomic E-state index is 12.5. The van der Waals surface area contributed by atoms with Gasteiger partial charge in [0.2, 0.25) is 0 Å². The maximum absolute atomic E-state index is 12.5. The van der Waals surface area contributed by atoms with Gasteiger partial charge in [-0.15, -0.1) is 0 Å². The molecule has 0 unspecified atom stereocenters. The van der Waals surface area contributed by atoms with E-state index in [4.69, 9.17) is 4.74 Å². The van der Waals surface area contributed by atoms with E-state index in [1.165, 1.54) is 11.1 Å². The SMILES string of the molecule is CCC(CC)NCc1cccc2c1N(C(=O)OC(C)(C)C)CC2. The molecule has 23 heavy (non-hydrogen) atoms. The summed E-state index contributed by atoms with van der Waals surface area (Å²) in [4.78, 5) is 14.3. The predicted octanol–water partition coefficient (Wildman–Crippen LogP) is 4.26. The zero-order valence-corrected chi connectivity index (χ0v) is 15.1. The van der Waals surface area contributed by atoms with E-state index in [1.54, 1.807) is 4.90 Å². The Balaban J connectivity index is 2.18. The quantitative estimate of drug-likeness (QED) is 0.882. The minimum atomic E-state index is -0.470. The Labute approximate surface area is 140 Å². The Morgan fingerprint density at radius 1 is 1.30 bits per heavy atom. The summed E-state index contributed by atoms with van der Waals surface area (Å²) in [6.07, 6.45) is 2.88. The molecular formula is C19H30N2O2. The lowest BCUT2D eigenvalue weighted by atomic mass is 10.1. The number of carbonyl (C=O) groups is 1. The molecule has 128 valence electrons. The zero-order valence-electron chi connectivity index (χ0n) is 15.1.